The molecule has 5 heteroatoms. The molecule has 1 aliphatic heterocycles. The number of hydrogen-bond donors (Lipinski definition) is 1. The molecule has 0 bridgehead atoms. The molecule has 21 heavy (non-hydrogen) atoms. The van der Waals surface area contributed by atoms with Crippen molar-refractivity contribution < 1.29 is 14.7 Å². The van der Waals surface area contributed by atoms with E-state index in [1.807, 2.05) is 12.1 Å². The molecule has 4 nitrogen and oxygen atoms in total. The van der Waals surface area contributed by atoms with E-state index in [1.165, 1.54) is 22.2 Å². The average molecular weight is 307 g/mol. The van der Waals surface area contributed by atoms with Crippen LogP contribution < -0.4 is 0 Å². The number of hydrogen-bond acceptors (Lipinski definition) is 3. The number of nitrogens with zero attached hydrogens (tertiary/aromatic N) is 1. The highest BCUT2D eigenvalue weighted by Gasteiger charge is 2.38. The zero-order valence-corrected chi connectivity index (χ0v) is 13.6. The van der Waals surface area contributed by atoms with Crippen LogP contribution in [0.1, 0.15) is 44.2 Å². The van der Waals surface area contributed by atoms with Crippen molar-refractivity contribution in [2.45, 2.75) is 44.5 Å². The number of carboxylic acid groups (broad SMARTS) is 1. The molecule has 0 spiro atoms. The Morgan fingerprint density at radius 2 is 1.90 bits per heavy atom. The molecule has 0 radical (unpaired) electrons. The Labute approximate surface area is 129 Å². The van der Waals surface area contributed by atoms with Crippen LogP contribution in [0.5, 0.6) is 0 Å². The number of carbonyl (C=O) groups excluding carboxylic acids is 1. The molecule has 0 aromatic heterocycles. The summed E-state index contributed by atoms with van der Waals surface area (Å²) in [5.41, 5.74) is 2.27. The second-order valence-corrected chi connectivity index (χ2v) is 7.42. The monoisotopic (exact) mass is 307 g/mol. The van der Waals surface area contributed by atoms with Crippen LogP contribution in [0.15, 0.2) is 24.3 Å². The molecule has 1 aliphatic rings. The molecular formula is C16H21NO3S. The molecule has 1 heterocycles. The van der Waals surface area contributed by atoms with Gasteiger partial charge in [-0.15, -0.1) is 11.8 Å². The number of amides is 1. The van der Waals surface area contributed by atoms with E-state index in [1.54, 1.807) is 6.92 Å². The van der Waals surface area contributed by atoms with Gasteiger partial charge in [-0.3, -0.25) is 4.79 Å². The zero-order chi connectivity index (χ0) is 15.8. The fraction of sp³-hybridized carbons (Fsp3) is 0.500. The molecule has 1 aromatic carbocycles. The number of rotatable bonds is 3. The van der Waals surface area contributed by atoms with Gasteiger partial charge >= 0.3 is 5.97 Å². The average Bonchev–Trinajstić information content (AvgIpc) is 2.78. The van der Waals surface area contributed by atoms with Crippen LogP contribution in [-0.4, -0.2) is 33.7 Å². The second kappa shape index (κ2) is 5.72. The molecule has 1 N–H and O–H groups in total. The third-order valence-corrected chi connectivity index (χ3v) is 4.97. The van der Waals surface area contributed by atoms with Crippen LogP contribution in [-0.2, 0) is 15.0 Å². The molecule has 1 fully saturated rings. The van der Waals surface area contributed by atoms with Crippen LogP contribution in [0.3, 0.4) is 0 Å². The molecule has 1 amide bonds. The lowest BCUT2D eigenvalue weighted by Gasteiger charge is -2.28. The Kier molecular flexibility index (Phi) is 4.33. The van der Waals surface area contributed by atoms with Crippen LogP contribution in [0.2, 0.25) is 0 Å². The summed E-state index contributed by atoms with van der Waals surface area (Å²) >= 11 is 1.48. The summed E-state index contributed by atoms with van der Waals surface area (Å²) in [5.74, 6) is -0.745. The summed E-state index contributed by atoms with van der Waals surface area (Å²) in [5, 5.41) is 8.96. The highest BCUT2D eigenvalue weighted by atomic mass is 32.2. The van der Waals surface area contributed by atoms with Gasteiger partial charge in [-0.1, -0.05) is 45.0 Å². The standard InChI is InChI=1S/C16H21NO3S/c1-10(15(19)20)17-13(18)9-21-14(17)11-5-7-12(8-6-11)16(2,3)4/h5-8,10,14H,9H2,1-4H3,(H,19,20)/t10-,14+/m1/s1. The minimum Gasteiger partial charge on any atom is -0.480 e. The van der Waals surface area contributed by atoms with Crippen LogP contribution in [0, 0.1) is 0 Å². The minimum atomic E-state index is -0.970. The van der Waals surface area contributed by atoms with Crippen molar-refractivity contribution in [3.05, 3.63) is 35.4 Å². The first kappa shape index (κ1) is 15.9. The lowest BCUT2D eigenvalue weighted by atomic mass is 9.86. The maximum absolute atomic E-state index is 12.0. The van der Waals surface area contributed by atoms with E-state index in [0.29, 0.717) is 5.75 Å². The van der Waals surface area contributed by atoms with Crippen molar-refractivity contribution >= 4 is 23.6 Å². The highest BCUT2D eigenvalue weighted by Crippen LogP contribution is 2.40. The first-order valence-corrected chi connectivity index (χ1v) is 8.02. The lowest BCUT2D eigenvalue weighted by Crippen LogP contribution is -2.41. The molecule has 2 rings (SSSR count). The van der Waals surface area contributed by atoms with Gasteiger partial charge in [-0.25, -0.2) is 4.79 Å². The second-order valence-electron chi connectivity index (χ2n) is 6.35. The normalized spacial score (nSPS) is 20.7. The van der Waals surface area contributed by atoms with Gasteiger partial charge in [0.1, 0.15) is 11.4 Å². The highest BCUT2D eigenvalue weighted by molar-refractivity contribution is 8.00. The molecule has 2 atom stereocenters. The fourth-order valence-electron chi connectivity index (χ4n) is 2.38. The zero-order valence-electron chi connectivity index (χ0n) is 12.8. The molecule has 1 aromatic rings. The quantitative estimate of drug-likeness (QED) is 0.932. The predicted molar refractivity (Wildman–Crippen MR) is 84.3 cm³/mol. The topological polar surface area (TPSA) is 57.6 Å². The van der Waals surface area contributed by atoms with E-state index >= 15 is 0 Å². The number of thioether (sulfide) groups is 1. The van der Waals surface area contributed by atoms with E-state index < -0.39 is 12.0 Å². The van der Waals surface area contributed by atoms with E-state index in [0.717, 1.165) is 5.56 Å². The van der Waals surface area contributed by atoms with Gasteiger partial charge < -0.3 is 10.0 Å². The summed E-state index contributed by atoms with van der Waals surface area (Å²) in [6.45, 7) is 8.00. The fourth-order valence-corrected chi connectivity index (χ4v) is 3.64. The molecule has 114 valence electrons. The van der Waals surface area contributed by atoms with Crippen molar-refractivity contribution in [2.24, 2.45) is 0 Å². The van der Waals surface area contributed by atoms with Crippen molar-refractivity contribution in [3.63, 3.8) is 0 Å². The molecular weight excluding hydrogens is 286 g/mol. The van der Waals surface area contributed by atoms with Gasteiger partial charge in [-0.2, -0.15) is 0 Å². The molecule has 1 saturated heterocycles. The van der Waals surface area contributed by atoms with Crippen LogP contribution in [0.4, 0.5) is 0 Å². The molecule has 0 aliphatic carbocycles. The Hall–Kier alpha value is -1.49. The third-order valence-electron chi connectivity index (χ3n) is 3.74. The molecule has 0 saturated carbocycles. The van der Waals surface area contributed by atoms with Gasteiger partial charge in [0, 0.05) is 0 Å². The Bertz CT molecular complexity index is 548. The summed E-state index contributed by atoms with van der Waals surface area (Å²) in [6, 6.07) is 7.31. The molecule has 0 unspecified atom stereocenters. The van der Waals surface area contributed by atoms with Crippen molar-refractivity contribution in [1.82, 2.24) is 4.90 Å². The first-order chi connectivity index (χ1) is 9.71. The smallest absolute Gasteiger partial charge is 0.326 e. The van der Waals surface area contributed by atoms with E-state index in [9.17, 15) is 14.7 Å². The Morgan fingerprint density at radius 3 is 2.38 bits per heavy atom. The largest absolute Gasteiger partial charge is 0.480 e. The van der Waals surface area contributed by atoms with Crippen LogP contribution >= 0.6 is 11.8 Å². The van der Waals surface area contributed by atoms with E-state index in [4.69, 9.17) is 0 Å². The number of carboxylic acids is 1. The number of benzene rings is 1. The summed E-state index contributed by atoms with van der Waals surface area (Å²) in [6.07, 6.45) is 0. The maximum Gasteiger partial charge on any atom is 0.326 e. The maximum atomic E-state index is 12.0. The van der Waals surface area contributed by atoms with Crippen molar-refractivity contribution in [2.75, 3.05) is 5.75 Å². The van der Waals surface area contributed by atoms with Crippen molar-refractivity contribution in [3.8, 4) is 0 Å². The summed E-state index contributed by atoms with van der Waals surface area (Å²) in [4.78, 5) is 24.6. The Morgan fingerprint density at radius 1 is 1.33 bits per heavy atom. The number of aliphatic carboxylic acids is 1. The van der Waals surface area contributed by atoms with Gasteiger partial charge in [-0.05, 0) is 23.5 Å². The Balaban J connectivity index is 2.28. The van der Waals surface area contributed by atoms with Crippen LogP contribution in [0.25, 0.3) is 0 Å². The van der Waals surface area contributed by atoms with Gasteiger partial charge in [0.15, 0.2) is 0 Å². The third kappa shape index (κ3) is 3.23. The van der Waals surface area contributed by atoms with Gasteiger partial charge in [0.2, 0.25) is 5.91 Å². The number of carbonyl (C=O) groups is 2. The summed E-state index contributed by atoms with van der Waals surface area (Å²) in [7, 11) is 0. The van der Waals surface area contributed by atoms with Gasteiger partial charge in [0.25, 0.3) is 0 Å². The van der Waals surface area contributed by atoms with Gasteiger partial charge in [0.05, 0.1) is 5.75 Å². The predicted octanol–water partition coefficient (Wildman–Crippen LogP) is 3.03. The summed E-state index contributed by atoms with van der Waals surface area (Å²) < 4.78 is 0. The SMILES string of the molecule is C[C@H](C(=O)O)N1C(=O)CS[C@H]1c1ccc(C(C)(C)C)cc1. The van der Waals surface area contributed by atoms with E-state index in [2.05, 4.69) is 32.9 Å². The lowest BCUT2D eigenvalue weighted by molar-refractivity contribution is -0.148. The van der Waals surface area contributed by atoms with Crippen molar-refractivity contribution in [1.29, 1.82) is 0 Å². The minimum absolute atomic E-state index is 0.0746. The first-order valence-electron chi connectivity index (χ1n) is 6.98. The van der Waals surface area contributed by atoms with E-state index in [-0.39, 0.29) is 16.7 Å².